The number of fused-ring (bicyclic) bond motifs is 4. The fourth-order valence-corrected chi connectivity index (χ4v) is 4.34. The van der Waals surface area contributed by atoms with Crippen molar-refractivity contribution in [2.75, 3.05) is 5.32 Å². The lowest BCUT2D eigenvalue weighted by molar-refractivity contribution is 0.415. The molecule has 0 radical (unpaired) electrons. The highest BCUT2D eigenvalue weighted by molar-refractivity contribution is 5.83. The van der Waals surface area contributed by atoms with E-state index in [0.717, 1.165) is 12.1 Å². The Balaban J connectivity index is 1.64. The van der Waals surface area contributed by atoms with Gasteiger partial charge >= 0.3 is 0 Å². The predicted molar refractivity (Wildman–Crippen MR) is 98.4 cm³/mol. The Bertz CT molecular complexity index is 959. The van der Waals surface area contributed by atoms with E-state index in [2.05, 4.69) is 66.0 Å². The average Bonchev–Trinajstić information content (AvgIpc) is 3.11. The van der Waals surface area contributed by atoms with Gasteiger partial charge in [-0.05, 0) is 46.4 Å². The van der Waals surface area contributed by atoms with E-state index in [1.165, 1.54) is 21.9 Å². The van der Waals surface area contributed by atoms with Crippen molar-refractivity contribution in [2.45, 2.75) is 18.4 Å². The highest BCUT2D eigenvalue weighted by atomic mass is 16.3. The molecule has 0 aromatic heterocycles. The molecule has 3 unspecified atom stereocenters. The minimum Gasteiger partial charge on any atom is -0.506 e. The highest BCUT2D eigenvalue weighted by Crippen LogP contribution is 2.52. The van der Waals surface area contributed by atoms with Crippen molar-refractivity contribution in [3.05, 3.63) is 83.9 Å². The molecule has 0 saturated carbocycles. The number of aromatic hydroxyl groups is 1. The number of benzene rings is 3. The van der Waals surface area contributed by atoms with Gasteiger partial charge in [0.1, 0.15) is 5.75 Å². The summed E-state index contributed by atoms with van der Waals surface area (Å²) in [5, 5.41) is 16.5. The standard InChI is InChI=1S/C22H19NO/c24-20-10-4-9-19-17-7-3-8-18(17)21(23-22(19)20)16-12-11-14-5-1-2-6-15(14)13-16/h1-7,9-13,17-18,21,23-24H,8H2. The first kappa shape index (κ1) is 13.7. The summed E-state index contributed by atoms with van der Waals surface area (Å²) < 4.78 is 0. The lowest BCUT2D eigenvalue weighted by Crippen LogP contribution is -2.29. The molecule has 3 atom stereocenters. The van der Waals surface area contributed by atoms with Crippen molar-refractivity contribution in [3.63, 3.8) is 0 Å². The van der Waals surface area contributed by atoms with Crippen LogP contribution in [-0.4, -0.2) is 5.11 Å². The van der Waals surface area contributed by atoms with Crippen molar-refractivity contribution in [3.8, 4) is 5.75 Å². The summed E-state index contributed by atoms with van der Waals surface area (Å²) in [6.07, 6.45) is 5.66. The smallest absolute Gasteiger partial charge is 0.138 e. The molecular formula is C22H19NO. The zero-order chi connectivity index (χ0) is 16.1. The Morgan fingerprint density at radius 3 is 2.71 bits per heavy atom. The molecule has 24 heavy (non-hydrogen) atoms. The molecule has 0 amide bonds. The quantitative estimate of drug-likeness (QED) is 0.467. The third-order valence-corrected chi connectivity index (χ3v) is 5.51. The molecule has 5 rings (SSSR count). The van der Waals surface area contributed by atoms with Gasteiger partial charge in [-0.15, -0.1) is 0 Å². The molecule has 2 aliphatic rings. The number of nitrogens with one attached hydrogen (secondary N) is 1. The van der Waals surface area contributed by atoms with Gasteiger partial charge in [0.05, 0.1) is 11.7 Å². The number of phenols is 1. The number of anilines is 1. The van der Waals surface area contributed by atoms with Crippen LogP contribution in [0.4, 0.5) is 5.69 Å². The van der Waals surface area contributed by atoms with E-state index < -0.39 is 0 Å². The summed E-state index contributed by atoms with van der Waals surface area (Å²) in [5.74, 6) is 1.22. The molecule has 0 fully saturated rings. The first-order valence-electron chi connectivity index (χ1n) is 8.55. The normalized spacial score (nSPS) is 24.4. The van der Waals surface area contributed by atoms with E-state index in [1.54, 1.807) is 6.07 Å². The van der Waals surface area contributed by atoms with Gasteiger partial charge in [-0.3, -0.25) is 0 Å². The molecule has 1 aliphatic heterocycles. The Labute approximate surface area is 141 Å². The lowest BCUT2D eigenvalue weighted by Gasteiger charge is -2.37. The maximum absolute atomic E-state index is 10.3. The van der Waals surface area contributed by atoms with Gasteiger partial charge in [0.2, 0.25) is 0 Å². The van der Waals surface area contributed by atoms with Crippen molar-refractivity contribution >= 4 is 16.5 Å². The second kappa shape index (κ2) is 5.13. The van der Waals surface area contributed by atoms with Gasteiger partial charge in [-0.1, -0.05) is 60.7 Å². The monoisotopic (exact) mass is 313 g/mol. The van der Waals surface area contributed by atoms with E-state index in [1.807, 2.05) is 6.07 Å². The summed E-state index contributed by atoms with van der Waals surface area (Å²) in [6, 6.07) is 21.2. The number of phenolic OH excluding ortho intramolecular Hbond substituents is 1. The zero-order valence-electron chi connectivity index (χ0n) is 13.3. The first-order valence-corrected chi connectivity index (χ1v) is 8.55. The van der Waals surface area contributed by atoms with Crippen LogP contribution in [0.5, 0.6) is 5.75 Å². The molecule has 3 aromatic carbocycles. The number of hydrogen-bond donors (Lipinski definition) is 2. The van der Waals surface area contributed by atoms with E-state index in [0.29, 0.717) is 17.6 Å². The van der Waals surface area contributed by atoms with Crippen LogP contribution in [0, 0.1) is 5.92 Å². The van der Waals surface area contributed by atoms with Gasteiger partial charge < -0.3 is 10.4 Å². The molecule has 0 saturated heterocycles. The van der Waals surface area contributed by atoms with Crippen LogP contribution in [-0.2, 0) is 0 Å². The second-order valence-corrected chi connectivity index (χ2v) is 6.82. The highest BCUT2D eigenvalue weighted by Gasteiger charge is 2.38. The molecular weight excluding hydrogens is 294 g/mol. The number of para-hydroxylation sites is 1. The number of hydrogen-bond acceptors (Lipinski definition) is 2. The van der Waals surface area contributed by atoms with E-state index in [-0.39, 0.29) is 6.04 Å². The topological polar surface area (TPSA) is 32.3 Å². The van der Waals surface area contributed by atoms with Gasteiger partial charge in [-0.2, -0.15) is 0 Å². The zero-order valence-corrected chi connectivity index (χ0v) is 13.3. The van der Waals surface area contributed by atoms with Crippen LogP contribution in [0.2, 0.25) is 0 Å². The van der Waals surface area contributed by atoms with E-state index in [4.69, 9.17) is 0 Å². The minimum absolute atomic E-state index is 0.218. The molecule has 0 bridgehead atoms. The molecule has 2 heteroatoms. The Hall–Kier alpha value is -2.74. The molecule has 0 spiro atoms. The fourth-order valence-electron chi connectivity index (χ4n) is 4.34. The third-order valence-electron chi connectivity index (χ3n) is 5.51. The minimum atomic E-state index is 0.218. The molecule has 118 valence electrons. The SMILES string of the molecule is Oc1cccc2c1NC(c1ccc3ccccc3c1)C1CC=CC21. The van der Waals surface area contributed by atoms with Crippen molar-refractivity contribution in [2.24, 2.45) is 5.92 Å². The fraction of sp³-hybridized carbons (Fsp3) is 0.182. The maximum atomic E-state index is 10.3. The van der Waals surface area contributed by atoms with Gasteiger partial charge in [0.25, 0.3) is 0 Å². The van der Waals surface area contributed by atoms with Crippen LogP contribution in [0.1, 0.15) is 29.5 Å². The predicted octanol–water partition coefficient (Wildman–Crippen LogP) is 5.37. The van der Waals surface area contributed by atoms with Crippen LogP contribution in [0.3, 0.4) is 0 Å². The number of allylic oxidation sites excluding steroid dienone is 2. The largest absolute Gasteiger partial charge is 0.506 e. The van der Waals surface area contributed by atoms with Gasteiger partial charge in [0, 0.05) is 5.92 Å². The first-order chi connectivity index (χ1) is 11.8. The lowest BCUT2D eigenvalue weighted by atomic mass is 9.76. The van der Waals surface area contributed by atoms with Crippen LogP contribution in [0.25, 0.3) is 10.8 Å². The molecule has 1 aliphatic carbocycles. The maximum Gasteiger partial charge on any atom is 0.138 e. The third kappa shape index (κ3) is 1.96. The van der Waals surface area contributed by atoms with E-state index in [9.17, 15) is 5.11 Å². The van der Waals surface area contributed by atoms with Gasteiger partial charge in [0.15, 0.2) is 0 Å². The van der Waals surface area contributed by atoms with Crippen LogP contribution in [0.15, 0.2) is 72.8 Å². The van der Waals surface area contributed by atoms with Gasteiger partial charge in [-0.25, -0.2) is 0 Å². The Kier molecular flexibility index (Phi) is 2.93. The average molecular weight is 313 g/mol. The summed E-state index contributed by atoms with van der Waals surface area (Å²) in [7, 11) is 0. The molecule has 2 nitrogen and oxygen atoms in total. The molecule has 3 aromatic rings. The summed E-state index contributed by atoms with van der Waals surface area (Å²) in [6.45, 7) is 0. The Morgan fingerprint density at radius 2 is 1.79 bits per heavy atom. The van der Waals surface area contributed by atoms with Crippen molar-refractivity contribution in [1.29, 1.82) is 0 Å². The van der Waals surface area contributed by atoms with Crippen molar-refractivity contribution in [1.82, 2.24) is 0 Å². The number of rotatable bonds is 1. The summed E-state index contributed by atoms with van der Waals surface area (Å²) in [5.41, 5.74) is 3.40. The van der Waals surface area contributed by atoms with E-state index >= 15 is 0 Å². The van der Waals surface area contributed by atoms with Crippen LogP contribution < -0.4 is 5.32 Å². The summed E-state index contributed by atoms with van der Waals surface area (Å²) in [4.78, 5) is 0. The second-order valence-electron chi connectivity index (χ2n) is 6.82. The van der Waals surface area contributed by atoms with Crippen molar-refractivity contribution < 1.29 is 5.11 Å². The summed E-state index contributed by atoms with van der Waals surface area (Å²) >= 11 is 0. The van der Waals surface area contributed by atoms with Crippen LogP contribution >= 0.6 is 0 Å². The Morgan fingerprint density at radius 1 is 0.917 bits per heavy atom. The molecule has 1 heterocycles. The molecule has 2 N–H and O–H groups in total.